The van der Waals surface area contributed by atoms with Crippen LogP contribution in [-0.4, -0.2) is 56.3 Å². The number of nitrogens with zero attached hydrogens (tertiary/aromatic N) is 1. The molecule has 0 aliphatic carbocycles. The van der Waals surface area contributed by atoms with Crippen LogP contribution in [0.3, 0.4) is 0 Å². The average Bonchev–Trinajstić information content (AvgIpc) is 3.04. The third-order valence-corrected chi connectivity index (χ3v) is 5.90. The van der Waals surface area contributed by atoms with Crippen molar-refractivity contribution in [2.24, 2.45) is 0 Å². The van der Waals surface area contributed by atoms with Gasteiger partial charge in [-0.05, 0) is 55.2 Å². The number of aliphatic hydroxyl groups is 1. The third kappa shape index (κ3) is 5.61. The Bertz CT molecular complexity index is 987. The smallest absolute Gasteiger partial charge is 0.216 e. The van der Waals surface area contributed by atoms with Crippen molar-refractivity contribution < 1.29 is 27.0 Å². The molecule has 0 aromatic heterocycles. The predicted octanol–water partition coefficient (Wildman–Crippen LogP) is 2.48. The lowest BCUT2D eigenvalue weighted by Crippen LogP contribution is -2.49. The van der Waals surface area contributed by atoms with Crippen LogP contribution in [0, 0.1) is 11.6 Å². The second-order valence-electron chi connectivity index (χ2n) is 7.40. The van der Waals surface area contributed by atoms with Gasteiger partial charge in [-0.1, -0.05) is 18.2 Å². The number of hydrogen-bond acceptors (Lipinski definition) is 5. The Labute approximate surface area is 175 Å². The summed E-state index contributed by atoms with van der Waals surface area (Å²) in [7, 11) is -3.46. The lowest BCUT2D eigenvalue weighted by Gasteiger charge is -2.31. The number of ether oxygens (including phenoxy) is 1. The van der Waals surface area contributed by atoms with E-state index in [2.05, 4.69) is 4.72 Å². The fourth-order valence-electron chi connectivity index (χ4n) is 3.89. The van der Waals surface area contributed by atoms with Gasteiger partial charge >= 0.3 is 0 Å². The Balaban J connectivity index is 1.91. The number of nitrogens with one attached hydrogen (secondary N) is 1. The summed E-state index contributed by atoms with van der Waals surface area (Å²) >= 11 is 0. The standard InChI is InChI=1S/C21H26F2N2O4S/c1-3-29-21(26)25-10-9-19(24-30(2,27)28)20(25)12-14-7-8-18(23)17(11-14)15-5-4-6-16(22)13-15/h4-8,11,13,19-21,24,26H,3,9-10,12H2,1-2H3. The van der Waals surface area contributed by atoms with Crippen LogP contribution in [-0.2, 0) is 21.2 Å². The predicted molar refractivity (Wildman–Crippen MR) is 110 cm³/mol. The second-order valence-corrected chi connectivity index (χ2v) is 9.18. The normalized spacial score (nSPS) is 21.1. The quantitative estimate of drug-likeness (QED) is 0.617. The minimum Gasteiger partial charge on any atom is -0.356 e. The molecule has 1 aliphatic rings. The zero-order valence-electron chi connectivity index (χ0n) is 16.9. The average molecular weight is 441 g/mol. The van der Waals surface area contributed by atoms with Gasteiger partial charge < -0.3 is 9.84 Å². The Morgan fingerprint density at radius 2 is 2.03 bits per heavy atom. The van der Waals surface area contributed by atoms with Gasteiger partial charge in [0.2, 0.25) is 16.4 Å². The van der Waals surface area contributed by atoms with E-state index < -0.39 is 40.2 Å². The number of aliphatic hydroxyl groups excluding tert-OH is 1. The molecule has 1 fully saturated rings. The molecule has 6 nitrogen and oxygen atoms in total. The molecule has 3 atom stereocenters. The fraction of sp³-hybridized carbons (Fsp3) is 0.429. The molecular weight excluding hydrogens is 414 g/mol. The van der Waals surface area contributed by atoms with Crippen molar-refractivity contribution in [3.05, 3.63) is 59.7 Å². The molecule has 30 heavy (non-hydrogen) atoms. The molecular formula is C21H26F2N2O4S. The minimum atomic E-state index is -3.46. The number of hydrogen-bond donors (Lipinski definition) is 2. The maximum Gasteiger partial charge on any atom is 0.216 e. The van der Waals surface area contributed by atoms with Crippen molar-refractivity contribution in [1.29, 1.82) is 0 Å². The molecule has 0 spiro atoms. The lowest BCUT2D eigenvalue weighted by atomic mass is 9.96. The van der Waals surface area contributed by atoms with Crippen molar-refractivity contribution in [2.45, 2.75) is 38.3 Å². The summed E-state index contributed by atoms with van der Waals surface area (Å²) in [5, 5.41) is 10.3. The summed E-state index contributed by atoms with van der Waals surface area (Å²) in [6.07, 6.45) is 0.764. The van der Waals surface area contributed by atoms with Crippen LogP contribution in [0.5, 0.6) is 0 Å². The van der Waals surface area contributed by atoms with Gasteiger partial charge in [-0.15, -0.1) is 0 Å². The van der Waals surface area contributed by atoms with Crippen LogP contribution in [0.4, 0.5) is 8.78 Å². The van der Waals surface area contributed by atoms with Gasteiger partial charge in [-0.3, -0.25) is 4.90 Å². The molecule has 2 N–H and O–H groups in total. The van der Waals surface area contributed by atoms with Crippen molar-refractivity contribution >= 4 is 10.0 Å². The highest BCUT2D eigenvalue weighted by Crippen LogP contribution is 2.29. The monoisotopic (exact) mass is 440 g/mol. The van der Waals surface area contributed by atoms with Gasteiger partial charge in [-0.2, -0.15) is 0 Å². The summed E-state index contributed by atoms with van der Waals surface area (Å²) in [4.78, 5) is 1.69. The molecule has 3 unspecified atom stereocenters. The van der Waals surface area contributed by atoms with Crippen molar-refractivity contribution in [1.82, 2.24) is 9.62 Å². The summed E-state index contributed by atoms with van der Waals surface area (Å²) in [5.74, 6) is -0.940. The molecule has 1 aliphatic heterocycles. The first-order valence-corrected chi connectivity index (χ1v) is 11.6. The van der Waals surface area contributed by atoms with Crippen molar-refractivity contribution in [2.75, 3.05) is 19.4 Å². The molecule has 9 heteroatoms. The number of rotatable bonds is 8. The molecule has 2 aromatic carbocycles. The van der Waals surface area contributed by atoms with Crippen molar-refractivity contribution in [3.63, 3.8) is 0 Å². The van der Waals surface area contributed by atoms with Crippen LogP contribution in [0.2, 0.25) is 0 Å². The summed E-state index contributed by atoms with van der Waals surface area (Å²) in [6, 6.07) is 9.41. The first-order valence-electron chi connectivity index (χ1n) is 9.75. The maximum atomic E-state index is 14.4. The molecule has 1 heterocycles. The van der Waals surface area contributed by atoms with Gasteiger partial charge in [-0.25, -0.2) is 21.9 Å². The van der Waals surface area contributed by atoms with E-state index in [-0.39, 0.29) is 5.56 Å². The van der Waals surface area contributed by atoms with Crippen LogP contribution >= 0.6 is 0 Å². The number of benzene rings is 2. The Hall–Kier alpha value is -1.91. The maximum absolute atomic E-state index is 14.4. The van der Waals surface area contributed by atoms with E-state index in [9.17, 15) is 22.3 Å². The summed E-state index contributed by atoms with van der Waals surface area (Å²) in [5.41, 5.74) is 1.41. The van der Waals surface area contributed by atoms with E-state index in [1.165, 1.54) is 24.3 Å². The summed E-state index contributed by atoms with van der Waals surface area (Å²) < 4.78 is 59.5. The van der Waals surface area contributed by atoms with Crippen LogP contribution < -0.4 is 4.72 Å². The van der Waals surface area contributed by atoms with Crippen molar-refractivity contribution in [3.8, 4) is 11.1 Å². The van der Waals surface area contributed by atoms with Crippen LogP contribution in [0.1, 0.15) is 18.9 Å². The van der Waals surface area contributed by atoms with Crippen LogP contribution in [0.25, 0.3) is 11.1 Å². The highest BCUT2D eigenvalue weighted by Gasteiger charge is 2.39. The Kier molecular flexibility index (Phi) is 7.20. The van der Waals surface area contributed by atoms with E-state index in [1.807, 2.05) is 0 Å². The SMILES string of the molecule is CCOC(O)N1CCC(NS(C)(=O)=O)C1Cc1ccc(F)c(-c2cccc(F)c2)c1. The van der Waals surface area contributed by atoms with Gasteiger partial charge in [0.25, 0.3) is 0 Å². The van der Waals surface area contributed by atoms with Gasteiger partial charge in [0.1, 0.15) is 11.6 Å². The van der Waals surface area contributed by atoms with E-state index >= 15 is 0 Å². The topological polar surface area (TPSA) is 78.9 Å². The van der Waals surface area contributed by atoms with Gasteiger partial charge in [0.05, 0.1) is 6.26 Å². The Morgan fingerprint density at radius 1 is 1.27 bits per heavy atom. The molecule has 0 amide bonds. The first-order chi connectivity index (χ1) is 14.2. The molecule has 1 saturated heterocycles. The number of sulfonamides is 1. The third-order valence-electron chi connectivity index (χ3n) is 5.16. The van der Waals surface area contributed by atoms with Gasteiger partial charge in [0.15, 0.2) is 0 Å². The minimum absolute atomic E-state index is 0.259. The fourth-order valence-corrected chi connectivity index (χ4v) is 4.71. The van der Waals surface area contributed by atoms with E-state index in [0.717, 1.165) is 11.8 Å². The first kappa shape index (κ1) is 22.8. The highest BCUT2D eigenvalue weighted by atomic mass is 32.2. The second kappa shape index (κ2) is 9.49. The van der Waals surface area contributed by atoms with E-state index in [0.29, 0.717) is 31.6 Å². The van der Waals surface area contributed by atoms with Gasteiger partial charge in [0, 0.05) is 30.8 Å². The highest BCUT2D eigenvalue weighted by molar-refractivity contribution is 7.88. The molecule has 2 aromatic rings. The molecule has 0 radical (unpaired) electrons. The zero-order valence-corrected chi connectivity index (χ0v) is 17.7. The molecule has 0 saturated carbocycles. The number of halogens is 2. The number of likely N-dealkylation sites (tertiary alicyclic amines) is 1. The Morgan fingerprint density at radius 3 is 2.70 bits per heavy atom. The zero-order chi connectivity index (χ0) is 21.9. The lowest BCUT2D eigenvalue weighted by molar-refractivity contribution is -0.195. The molecule has 0 bridgehead atoms. The van der Waals surface area contributed by atoms with E-state index in [4.69, 9.17) is 4.74 Å². The summed E-state index contributed by atoms with van der Waals surface area (Å²) in [6.45, 7) is 2.50. The molecule has 3 rings (SSSR count). The largest absolute Gasteiger partial charge is 0.356 e. The molecule has 164 valence electrons. The van der Waals surface area contributed by atoms with E-state index in [1.54, 1.807) is 30.0 Å². The van der Waals surface area contributed by atoms with Crippen LogP contribution in [0.15, 0.2) is 42.5 Å².